The maximum atomic E-state index is 6.12. The first-order valence-corrected chi connectivity index (χ1v) is 6.70. The van der Waals surface area contributed by atoms with Crippen molar-refractivity contribution in [2.75, 3.05) is 7.11 Å². The topological polar surface area (TPSA) is 63.9 Å². The van der Waals surface area contributed by atoms with Gasteiger partial charge in [0.15, 0.2) is 0 Å². The van der Waals surface area contributed by atoms with Gasteiger partial charge in [-0.15, -0.1) is 0 Å². The number of hydrogen-bond acceptors (Lipinski definition) is 3. The fraction of sp³-hybridized carbons (Fsp3) is 0.400. The lowest BCUT2D eigenvalue weighted by Crippen LogP contribution is -2.11. The zero-order valence-corrected chi connectivity index (χ0v) is 11.5. The predicted molar refractivity (Wildman–Crippen MR) is 77.0 cm³/mol. The number of para-hydroxylation sites is 1. The van der Waals surface area contributed by atoms with Crippen molar-refractivity contribution >= 4 is 0 Å². The minimum Gasteiger partial charge on any atom is -0.496 e. The molecular weight excluding hydrogens is 238 g/mol. The van der Waals surface area contributed by atoms with Crippen molar-refractivity contribution in [1.29, 1.82) is 0 Å². The average Bonchev–Trinajstić information content (AvgIpc) is 2.94. The number of aromatic nitrogens is 2. The highest BCUT2D eigenvalue weighted by molar-refractivity contribution is 5.66. The Bertz CT molecular complexity index is 522. The molecule has 0 aliphatic carbocycles. The monoisotopic (exact) mass is 259 g/mol. The molecule has 102 valence electrons. The summed E-state index contributed by atoms with van der Waals surface area (Å²) < 4.78 is 5.36. The summed E-state index contributed by atoms with van der Waals surface area (Å²) >= 11 is 0. The highest BCUT2D eigenvalue weighted by Crippen LogP contribution is 2.28. The van der Waals surface area contributed by atoms with E-state index in [-0.39, 0.29) is 6.04 Å². The number of rotatable bonds is 6. The van der Waals surface area contributed by atoms with E-state index in [2.05, 4.69) is 16.9 Å². The van der Waals surface area contributed by atoms with E-state index in [0.29, 0.717) is 0 Å². The van der Waals surface area contributed by atoms with E-state index in [1.165, 1.54) is 0 Å². The summed E-state index contributed by atoms with van der Waals surface area (Å²) in [5.41, 5.74) is 8.07. The second kappa shape index (κ2) is 6.38. The second-order valence-electron chi connectivity index (χ2n) is 4.63. The van der Waals surface area contributed by atoms with Gasteiger partial charge in [-0.25, -0.2) is 4.98 Å². The van der Waals surface area contributed by atoms with E-state index in [1.807, 2.05) is 30.5 Å². The Balaban J connectivity index is 2.20. The van der Waals surface area contributed by atoms with Crippen LogP contribution in [0.15, 0.2) is 30.5 Å². The van der Waals surface area contributed by atoms with Gasteiger partial charge in [0.05, 0.1) is 25.0 Å². The predicted octanol–water partition coefficient (Wildman–Crippen LogP) is 3.28. The van der Waals surface area contributed by atoms with E-state index in [1.54, 1.807) is 7.11 Å². The number of aromatic amines is 1. The summed E-state index contributed by atoms with van der Waals surface area (Å²) in [7, 11) is 1.67. The highest BCUT2D eigenvalue weighted by Gasteiger charge is 2.12. The van der Waals surface area contributed by atoms with Crippen LogP contribution in [0.4, 0.5) is 0 Å². The first-order valence-electron chi connectivity index (χ1n) is 6.70. The number of unbranched alkanes of at least 4 members (excludes halogenated alkanes) is 1. The summed E-state index contributed by atoms with van der Waals surface area (Å²) in [5, 5.41) is 0. The summed E-state index contributed by atoms with van der Waals surface area (Å²) in [6.45, 7) is 2.16. The van der Waals surface area contributed by atoms with Crippen molar-refractivity contribution in [3.05, 3.63) is 36.3 Å². The van der Waals surface area contributed by atoms with Crippen molar-refractivity contribution in [2.24, 2.45) is 5.73 Å². The van der Waals surface area contributed by atoms with Crippen LogP contribution in [-0.2, 0) is 0 Å². The van der Waals surface area contributed by atoms with Gasteiger partial charge in [0.25, 0.3) is 0 Å². The molecule has 19 heavy (non-hydrogen) atoms. The third-order valence-corrected chi connectivity index (χ3v) is 3.21. The van der Waals surface area contributed by atoms with Crippen LogP contribution >= 0.6 is 0 Å². The number of nitrogens with zero attached hydrogens (tertiary/aromatic N) is 1. The molecule has 0 fully saturated rings. The van der Waals surface area contributed by atoms with E-state index in [9.17, 15) is 0 Å². The third-order valence-electron chi connectivity index (χ3n) is 3.21. The minimum atomic E-state index is -0.0246. The number of benzene rings is 1. The van der Waals surface area contributed by atoms with E-state index >= 15 is 0 Å². The highest BCUT2D eigenvalue weighted by atomic mass is 16.5. The quantitative estimate of drug-likeness (QED) is 0.836. The molecule has 0 bridgehead atoms. The fourth-order valence-corrected chi connectivity index (χ4v) is 2.09. The lowest BCUT2D eigenvalue weighted by Gasteiger charge is -2.08. The van der Waals surface area contributed by atoms with Crippen molar-refractivity contribution in [3.8, 4) is 17.0 Å². The molecule has 0 aliphatic rings. The fourth-order valence-electron chi connectivity index (χ4n) is 2.09. The Labute approximate surface area is 114 Å². The molecule has 4 heteroatoms. The molecule has 1 aromatic heterocycles. The Morgan fingerprint density at radius 1 is 1.37 bits per heavy atom. The molecule has 2 rings (SSSR count). The van der Waals surface area contributed by atoms with Crippen LogP contribution in [-0.4, -0.2) is 17.1 Å². The summed E-state index contributed by atoms with van der Waals surface area (Å²) in [6.07, 6.45) is 5.04. The first kappa shape index (κ1) is 13.6. The van der Waals surface area contributed by atoms with Crippen molar-refractivity contribution in [2.45, 2.75) is 32.2 Å². The van der Waals surface area contributed by atoms with Gasteiger partial charge in [-0.1, -0.05) is 31.9 Å². The molecule has 1 unspecified atom stereocenters. The normalized spacial score (nSPS) is 12.4. The molecule has 2 aromatic rings. The van der Waals surface area contributed by atoms with E-state index < -0.39 is 0 Å². The zero-order chi connectivity index (χ0) is 13.7. The van der Waals surface area contributed by atoms with Crippen LogP contribution in [0, 0.1) is 0 Å². The number of nitrogens with one attached hydrogen (secondary N) is 1. The van der Waals surface area contributed by atoms with Gasteiger partial charge in [0.1, 0.15) is 11.6 Å². The SMILES string of the molecule is CCCCC(N)c1ncc(-c2ccccc2OC)[nH]1. The van der Waals surface area contributed by atoms with Gasteiger partial charge < -0.3 is 15.5 Å². The van der Waals surface area contributed by atoms with Crippen LogP contribution in [0.5, 0.6) is 5.75 Å². The van der Waals surface area contributed by atoms with E-state index in [4.69, 9.17) is 10.5 Å². The standard InChI is InChI=1S/C15H21N3O/c1-3-4-8-12(16)15-17-10-13(18-15)11-7-5-6-9-14(11)19-2/h5-7,9-10,12H,3-4,8,16H2,1-2H3,(H,17,18). The summed E-state index contributed by atoms with van der Waals surface area (Å²) in [4.78, 5) is 7.68. The van der Waals surface area contributed by atoms with Crippen LogP contribution in [0.3, 0.4) is 0 Å². The van der Waals surface area contributed by atoms with Gasteiger partial charge >= 0.3 is 0 Å². The molecule has 0 aliphatic heterocycles. The maximum Gasteiger partial charge on any atom is 0.128 e. The summed E-state index contributed by atoms with van der Waals surface area (Å²) in [5.74, 6) is 1.68. The smallest absolute Gasteiger partial charge is 0.128 e. The first-order chi connectivity index (χ1) is 9.26. The third kappa shape index (κ3) is 3.15. The van der Waals surface area contributed by atoms with Gasteiger partial charge in [0.2, 0.25) is 0 Å². The average molecular weight is 259 g/mol. The Morgan fingerprint density at radius 2 is 2.16 bits per heavy atom. The van der Waals surface area contributed by atoms with Gasteiger partial charge in [-0.3, -0.25) is 0 Å². The molecule has 3 N–H and O–H groups in total. The molecule has 0 spiro atoms. The van der Waals surface area contributed by atoms with Crippen LogP contribution in [0.1, 0.15) is 38.1 Å². The number of hydrogen-bond donors (Lipinski definition) is 2. The molecule has 1 atom stereocenters. The molecular formula is C15H21N3O. The minimum absolute atomic E-state index is 0.0246. The van der Waals surface area contributed by atoms with Gasteiger partial charge in [-0.05, 0) is 18.6 Å². The van der Waals surface area contributed by atoms with Crippen LogP contribution in [0.2, 0.25) is 0 Å². The number of ether oxygens (including phenoxy) is 1. The molecule has 4 nitrogen and oxygen atoms in total. The van der Waals surface area contributed by atoms with E-state index in [0.717, 1.165) is 42.1 Å². The lowest BCUT2D eigenvalue weighted by atomic mass is 10.1. The number of methoxy groups -OCH3 is 1. The van der Waals surface area contributed by atoms with Crippen LogP contribution < -0.4 is 10.5 Å². The number of nitrogens with two attached hydrogens (primary N) is 1. The molecule has 1 aromatic carbocycles. The number of H-pyrrole nitrogens is 1. The van der Waals surface area contributed by atoms with Crippen LogP contribution in [0.25, 0.3) is 11.3 Å². The Kier molecular flexibility index (Phi) is 4.58. The van der Waals surface area contributed by atoms with Crippen molar-refractivity contribution in [1.82, 2.24) is 9.97 Å². The largest absolute Gasteiger partial charge is 0.496 e. The van der Waals surface area contributed by atoms with Gasteiger partial charge in [-0.2, -0.15) is 0 Å². The zero-order valence-electron chi connectivity index (χ0n) is 11.5. The Morgan fingerprint density at radius 3 is 2.89 bits per heavy atom. The van der Waals surface area contributed by atoms with Crippen molar-refractivity contribution < 1.29 is 4.74 Å². The molecule has 0 radical (unpaired) electrons. The molecule has 0 saturated heterocycles. The maximum absolute atomic E-state index is 6.12. The van der Waals surface area contributed by atoms with Crippen molar-refractivity contribution in [3.63, 3.8) is 0 Å². The molecule has 1 heterocycles. The molecule has 0 saturated carbocycles. The summed E-state index contributed by atoms with van der Waals surface area (Å²) in [6, 6.07) is 7.85. The molecule has 0 amide bonds. The number of imidazole rings is 1. The lowest BCUT2D eigenvalue weighted by molar-refractivity contribution is 0.416. The Hall–Kier alpha value is -1.81. The second-order valence-corrected chi connectivity index (χ2v) is 4.63. The van der Waals surface area contributed by atoms with Gasteiger partial charge in [0, 0.05) is 5.56 Å².